The van der Waals surface area contributed by atoms with Crippen LogP contribution >= 0.6 is 0 Å². The van der Waals surface area contributed by atoms with Crippen LogP contribution in [0.15, 0.2) is 42.5 Å². The Hall–Kier alpha value is -1.60. The lowest BCUT2D eigenvalue weighted by atomic mass is 10.0. The molecule has 2 aromatic carbocycles. The van der Waals surface area contributed by atoms with Crippen molar-refractivity contribution in [2.45, 2.75) is 46.8 Å². The molecule has 0 bridgehead atoms. The number of hydrogen-bond donors (Lipinski definition) is 0. The lowest BCUT2D eigenvalue weighted by Gasteiger charge is -2.11. The van der Waals surface area contributed by atoms with Crippen molar-refractivity contribution in [2.75, 3.05) is 0 Å². The van der Waals surface area contributed by atoms with Crippen molar-refractivity contribution in [3.05, 3.63) is 70.3 Å². The van der Waals surface area contributed by atoms with E-state index in [1.165, 1.54) is 27.8 Å². The van der Waals surface area contributed by atoms with Crippen molar-refractivity contribution in [3.8, 4) is 0 Å². The Morgan fingerprint density at radius 3 is 2.20 bits per heavy atom. The Labute approximate surface area is 122 Å². The fourth-order valence-electron chi connectivity index (χ4n) is 2.41. The second kappa shape index (κ2) is 7.25. The summed E-state index contributed by atoms with van der Waals surface area (Å²) in [7, 11) is 0. The maximum absolute atomic E-state index is 5.93. The van der Waals surface area contributed by atoms with E-state index in [1.54, 1.807) is 0 Å². The molecule has 0 saturated carbocycles. The van der Waals surface area contributed by atoms with Crippen molar-refractivity contribution < 1.29 is 4.74 Å². The maximum atomic E-state index is 5.93. The lowest BCUT2D eigenvalue weighted by Crippen LogP contribution is -2.00. The molecule has 0 aliphatic carbocycles. The molecule has 0 radical (unpaired) electrons. The zero-order chi connectivity index (χ0) is 14.4. The standard InChI is InChI=1S/C19H24O/c1-4-16-11-10-15(3)19(12-16)14-20-13-18-9-7-6-8-17(18)5-2/h6-12H,4-5,13-14H2,1-3H3. The molecule has 2 aromatic rings. The molecule has 0 spiro atoms. The summed E-state index contributed by atoms with van der Waals surface area (Å²) in [6, 6.07) is 15.2. The quantitative estimate of drug-likeness (QED) is 0.728. The molecule has 1 heteroatoms. The van der Waals surface area contributed by atoms with Gasteiger partial charge in [-0.2, -0.15) is 0 Å². The minimum atomic E-state index is 0.692. The third-order valence-electron chi connectivity index (χ3n) is 3.84. The second-order valence-corrected chi connectivity index (χ2v) is 5.23. The first-order valence-corrected chi connectivity index (χ1v) is 7.47. The van der Waals surface area contributed by atoms with Gasteiger partial charge in [0.15, 0.2) is 0 Å². The van der Waals surface area contributed by atoms with Crippen LogP contribution in [-0.4, -0.2) is 0 Å². The van der Waals surface area contributed by atoms with E-state index in [9.17, 15) is 0 Å². The number of rotatable bonds is 6. The molecular weight excluding hydrogens is 244 g/mol. The third kappa shape index (κ3) is 3.71. The van der Waals surface area contributed by atoms with Crippen LogP contribution in [0.5, 0.6) is 0 Å². The molecule has 0 atom stereocenters. The van der Waals surface area contributed by atoms with Gasteiger partial charge in [-0.3, -0.25) is 0 Å². The molecule has 0 fully saturated rings. The molecule has 0 heterocycles. The monoisotopic (exact) mass is 268 g/mol. The van der Waals surface area contributed by atoms with E-state index in [0.29, 0.717) is 13.2 Å². The first-order chi connectivity index (χ1) is 9.74. The minimum absolute atomic E-state index is 0.692. The maximum Gasteiger partial charge on any atom is 0.0724 e. The van der Waals surface area contributed by atoms with E-state index < -0.39 is 0 Å². The molecule has 2 rings (SSSR count). The third-order valence-corrected chi connectivity index (χ3v) is 3.84. The SMILES string of the molecule is CCc1ccc(C)c(COCc2ccccc2CC)c1. The summed E-state index contributed by atoms with van der Waals surface area (Å²) in [6.45, 7) is 7.91. The Bertz CT molecular complexity index is 557. The van der Waals surface area contributed by atoms with Crippen molar-refractivity contribution in [3.63, 3.8) is 0 Å². The summed E-state index contributed by atoms with van der Waals surface area (Å²) in [6.07, 6.45) is 2.13. The summed E-state index contributed by atoms with van der Waals surface area (Å²) in [4.78, 5) is 0. The topological polar surface area (TPSA) is 9.23 Å². The normalized spacial score (nSPS) is 10.8. The van der Waals surface area contributed by atoms with Gasteiger partial charge in [0, 0.05) is 0 Å². The van der Waals surface area contributed by atoms with E-state index in [0.717, 1.165) is 12.8 Å². The highest BCUT2D eigenvalue weighted by molar-refractivity contribution is 5.31. The van der Waals surface area contributed by atoms with E-state index in [1.807, 2.05) is 0 Å². The highest BCUT2D eigenvalue weighted by Crippen LogP contribution is 2.15. The number of aryl methyl sites for hydroxylation is 3. The lowest BCUT2D eigenvalue weighted by molar-refractivity contribution is 0.106. The summed E-state index contributed by atoms with van der Waals surface area (Å²) in [5.74, 6) is 0. The summed E-state index contributed by atoms with van der Waals surface area (Å²) in [5.41, 5.74) is 6.68. The highest BCUT2D eigenvalue weighted by Gasteiger charge is 2.03. The van der Waals surface area contributed by atoms with Gasteiger partial charge in [-0.05, 0) is 47.6 Å². The first-order valence-electron chi connectivity index (χ1n) is 7.47. The molecule has 0 aliphatic rings. The summed E-state index contributed by atoms with van der Waals surface area (Å²) < 4.78 is 5.93. The van der Waals surface area contributed by atoms with Gasteiger partial charge in [0.05, 0.1) is 13.2 Å². The summed E-state index contributed by atoms with van der Waals surface area (Å²) >= 11 is 0. The van der Waals surface area contributed by atoms with Gasteiger partial charge in [-0.1, -0.05) is 56.3 Å². The van der Waals surface area contributed by atoms with Crippen molar-refractivity contribution in [2.24, 2.45) is 0 Å². The highest BCUT2D eigenvalue weighted by atomic mass is 16.5. The molecule has 0 unspecified atom stereocenters. The van der Waals surface area contributed by atoms with Gasteiger partial charge in [0.25, 0.3) is 0 Å². The smallest absolute Gasteiger partial charge is 0.0724 e. The average molecular weight is 268 g/mol. The zero-order valence-corrected chi connectivity index (χ0v) is 12.8. The molecule has 0 saturated heterocycles. The van der Waals surface area contributed by atoms with Gasteiger partial charge >= 0.3 is 0 Å². The molecule has 0 aromatic heterocycles. The number of benzene rings is 2. The molecule has 0 N–H and O–H groups in total. The van der Waals surface area contributed by atoms with Crippen LogP contribution in [0.3, 0.4) is 0 Å². The molecule has 0 aliphatic heterocycles. The van der Waals surface area contributed by atoms with Crippen LogP contribution in [0.25, 0.3) is 0 Å². The van der Waals surface area contributed by atoms with Crippen molar-refractivity contribution in [1.82, 2.24) is 0 Å². The van der Waals surface area contributed by atoms with Crippen molar-refractivity contribution in [1.29, 1.82) is 0 Å². The number of hydrogen-bond acceptors (Lipinski definition) is 1. The fourth-order valence-corrected chi connectivity index (χ4v) is 2.41. The van der Waals surface area contributed by atoms with E-state index in [4.69, 9.17) is 4.74 Å². The molecule has 0 amide bonds. The molecule has 106 valence electrons. The molecule has 1 nitrogen and oxygen atoms in total. The zero-order valence-electron chi connectivity index (χ0n) is 12.8. The predicted molar refractivity (Wildman–Crippen MR) is 84.9 cm³/mol. The van der Waals surface area contributed by atoms with E-state index in [-0.39, 0.29) is 0 Å². The molecular formula is C19H24O. The van der Waals surface area contributed by atoms with Gasteiger partial charge in [-0.15, -0.1) is 0 Å². The predicted octanol–water partition coefficient (Wildman–Crippen LogP) is 4.84. The van der Waals surface area contributed by atoms with Crippen LogP contribution in [0.4, 0.5) is 0 Å². The Kier molecular flexibility index (Phi) is 5.37. The second-order valence-electron chi connectivity index (χ2n) is 5.23. The van der Waals surface area contributed by atoms with E-state index in [2.05, 4.69) is 63.2 Å². The molecule has 20 heavy (non-hydrogen) atoms. The van der Waals surface area contributed by atoms with E-state index >= 15 is 0 Å². The van der Waals surface area contributed by atoms with Gasteiger partial charge in [0.2, 0.25) is 0 Å². The van der Waals surface area contributed by atoms with Gasteiger partial charge in [0.1, 0.15) is 0 Å². The Morgan fingerprint density at radius 2 is 1.50 bits per heavy atom. The van der Waals surface area contributed by atoms with Crippen LogP contribution in [0.2, 0.25) is 0 Å². The summed E-state index contributed by atoms with van der Waals surface area (Å²) in [5, 5.41) is 0. The van der Waals surface area contributed by atoms with Gasteiger partial charge in [-0.25, -0.2) is 0 Å². The fraction of sp³-hybridized carbons (Fsp3) is 0.368. The largest absolute Gasteiger partial charge is 0.372 e. The van der Waals surface area contributed by atoms with Crippen LogP contribution in [-0.2, 0) is 30.8 Å². The number of ether oxygens (including phenoxy) is 1. The van der Waals surface area contributed by atoms with Crippen LogP contribution in [0.1, 0.15) is 41.7 Å². The van der Waals surface area contributed by atoms with Crippen molar-refractivity contribution >= 4 is 0 Å². The van der Waals surface area contributed by atoms with Gasteiger partial charge < -0.3 is 4.74 Å². The Balaban J connectivity index is 1.99. The first kappa shape index (κ1) is 14.8. The minimum Gasteiger partial charge on any atom is -0.372 e. The average Bonchev–Trinajstić information content (AvgIpc) is 2.49. The van der Waals surface area contributed by atoms with Crippen LogP contribution < -0.4 is 0 Å². The van der Waals surface area contributed by atoms with Crippen LogP contribution in [0, 0.1) is 6.92 Å². The Morgan fingerprint density at radius 1 is 0.800 bits per heavy atom.